The van der Waals surface area contributed by atoms with Crippen molar-refractivity contribution in [2.24, 2.45) is 5.73 Å². The van der Waals surface area contributed by atoms with Crippen molar-refractivity contribution in [3.05, 3.63) is 35.9 Å². The van der Waals surface area contributed by atoms with Gasteiger partial charge in [0.1, 0.15) is 12.7 Å². The van der Waals surface area contributed by atoms with Crippen LogP contribution in [-0.4, -0.2) is 31.6 Å². The van der Waals surface area contributed by atoms with Gasteiger partial charge >= 0.3 is 0 Å². The maximum Gasteiger partial charge on any atom is 0.241 e. The fourth-order valence-corrected chi connectivity index (χ4v) is 1.34. The maximum atomic E-state index is 11.8. The van der Waals surface area contributed by atoms with Gasteiger partial charge in [0.05, 0.1) is 6.54 Å². The molecular weight excluding hydrogens is 237 g/mol. The first kappa shape index (κ1) is 14.1. The van der Waals surface area contributed by atoms with Gasteiger partial charge in [0.15, 0.2) is 0 Å². The largest absolute Gasteiger partial charge is 0.352 e. The molecule has 0 unspecified atom stereocenters. The van der Waals surface area contributed by atoms with Crippen LogP contribution in [0, 0.1) is 0 Å². The van der Waals surface area contributed by atoms with Crippen LogP contribution >= 0.6 is 0 Å². The van der Waals surface area contributed by atoms with E-state index in [2.05, 4.69) is 10.6 Å². The molecule has 0 aliphatic rings. The van der Waals surface area contributed by atoms with Crippen LogP contribution in [0.15, 0.2) is 30.3 Å². The van der Waals surface area contributed by atoms with Crippen molar-refractivity contribution in [1.29, 1.82) is 0 Å². The predicted octanol–water partition coefficient (Wildman–Crippen LogP) is -0.112. The van der Waals surface area contributed by atoms with E-state index >= 15 is 0 Å². The zero-order valence-corrected chi connectivity index (χ0v) is 9.86. The monoisotopic (exact) mass is 253 g/mol. The molecule has 6 heteroatoms. The number of carbonyl (C=O) groups is 2. The van der Waals surface area contributed by atoms with Gasteiger partial charge in [-0.15, -0.1) is 0 Å². The minimum absolute atomic E-state index is 0.0561. The molecular formula is C12H16FN3O2. The van der Waals surface area contributed by atoms with Crippen molar-refractivity contribution in [3.63, 3.8) is 0 Å². The number of amides is 2. The van der Waals surface area contributed by atoms with E-state index in [1.165, 1.54) is 0 Å². The summed E-state index contributed by atoms with van der Waals surface area (Å²) < 4.78 is 11.8. The van der Waals surface area contributed by atoms with Gasteiger partial charge in [-0.2, -0.15) is 0 Å². The van der Waals surface area contributed by atoms with Crippen LogP contribution in [0.4, 0.5) is 4.39 Å². The molecule has 0 saturated carbocycles. The second kappa shape index (κ2) is 7.39. The number of alkyl halides is 1. The molecule has 0 aromatic heterocycles. The van der Waals surface area contributed by atoms with Gasteiger partial charge in [-0.05, 0) is 5.56 Å². The van der Waals surface area contributed by atoms with Crippen LogP contribution in [0.25, 0.3) is 0 Å². The molecule has 0 heterocycles. The third-order valence-electron chi connectivity index (χ3n) is 2.28. The number of hydrogen-bond donors (Lipinski definition) is 3. The Hall–Kier alpha value is -1.95. The van der Waals surface area contributed by atoms with Crippen LogP contribution in [0.2, 0.25) is 0 Å². The number of halogens is 1. The molecule has 1 aromatic carbocycles. The van der Waals surface area contributed by atoms with Gasteiger partial charge < -0.3 is 16.4 Å². The summed E-state index contributed by atoms with van der Waals surface area (Å²) in [6, 6.07) is 8.01. The zero-order chi connectivity index (χ0) is 13.4. The lowest BCUT2D eigenvalue weighted by Gasteiger charge is -2.12. The number of rotatable bonds is 6. The quantitative estimate of drug-likeness (QED) is 0.661. The Kier molecular flexibility index (Phi) is 5.79. The average Bonchev–Trinajstić information content (AvgIpc) is 2.42. The molecule has 0 bridgehead atoms. The van der Waals surface area contributed by atoms with E-state index in [9.17, 15) is 14.0 Å². The van der Waals surface area contributed by atoms with E-state index in [0.29, 0.717) is 5.56 Å². The molecule has 0 fully saturated rings. The molecule has 1 rings (SSSR count). The number of carbonyl (C=O) groups excluding carboxylic acids is 2. The molecule has 5 nitrogen and oxygen atoms in total. The normalized spacial score (nSPS) is 11.7. The Morgan fingerprint density at radius 1 is 1.22 bits per heavy atom. The molecule has 4 N–H and O–H groups in total. The van der Waals surface area contributed by atoms with Crippen molar-refractivity contribution in [3.8, 4) is 0 Å². The summed E-state index contributed by atoms with van der Waals surface area (Å²) in [7, 11) is 0. The van der Waals surface area contributed by atoms with Crippen molar-refractivity contribution in [2.75, 3.05) is 19.8 Å². The van der Waals surface area contributed by atoms with Crippen LogP contribution in [0.5, 0.6) is 0 Å². The van der Waals surface area contributed by atoms with Gasteiger partial charge in [-0.25, -0.2) is 4.39 Å². The van der Waals surface area contributed by atoms with Crippen LogP contribution in [0.3, 0.4) is 0 Å². The fourth-order valence-electron chi connectivity index (χ4n) is 1.34. The number of benzene rings is 1. The van der Waals surface area contributed by atoms with Gasteiger partial charge in [0, 0.05) is 6.54 Å². The lowest BCUT2D eigenvalue weighted by atomic mass is 10.1. The van der Waals surface area contributed by atoms with Gasteiger partial charge in [0.25, 0.3) is 0 Å². The molecule has 98 valence electrons. The summed E-state index contributed by atoms with van der Waals surface area (Å²) in [6.07, 6.45) is 0. The van der Waals surface area contributed by atoms with E-state index in [0.717, 1.165) is 0 Å². The van der Waals surface area contributed by atoms with E-state index in [4.69, 9.17) is 5.73 Å². The number of nitrogens with two attached hydrogens (primary N) is 1. The molecule has 2 amide bonds. The molecule has 0 radical (unpaired) electrons. The van der Waals surface area contributed by atoms with E-state index in [1.54, 1.807) is 24.3 Å². The first-order valence-electron chi connectivity index (χ1n) is 5.56. The standard InChI is InChI=1S/C12H16FN3O2/c13-6-7-15-10(17)8-16-12(18)11(14)9-4-2-1-3-5-9/h1-5,11H,6-8,14H2,(H,15,17)(H,16,18)/t11-/m1/s1. The fraction of sp³-hybridized carbons (Fsp3) is 0.333. The highest BCUT2D eigenvalue weighted by molar-refractivity contribution is 5.87. The highest BCUT2D eigenvalue weighted by atomic mass is 19.1. The first-order chi connectivity index (χ1) is 8.65. The third-order valence-corrected chi connectivity index (χ3v) is 2.28. The Balaban J connectivity index is 2.39. The smallest absolute Gasteiger partial charge is 0.241 e. The van der Waals surface area contributed by atoms with Crippen LogP contribution in [0.1, 0.15) is 11.6 Å². The topological polar surface area (TPSA) is 84.2 Å². The summed E-state index contributed by atoms with van der Waals surface area (Å²) in [5.41, 5.74) is 6.39. The van der Waals surface area contributed by atoms with E-state index < -0.39 is 24.5 Å². The second-order valence-electron chi connectivity index (χ2n) is 3.65. The SMILES string of the molecule is N[C@@H](C(=O)NCC(=O)NCCF)c1ccccc1. The molecule has 18 heavy (non-hydrogen) atoms. The van der Waals surface area contributed by atoms with Gasteiger partial charge in [0.2, 0.25) is 11.8 Å². The molecule has 0 saturated heterocycles. The summed E-state index contributed by atoms with van der Waals surface area (Å²) in [4.78, 5) is 22.8. The van der Waals surface area contributed by atoms with E-state index in [1.807, 2.05) is 6.07 Å². The first-order valence-corrected chi connectivity index (χ1v) is 5.56. The van der Waals surface area contributed by atoms with Crippen molar-refractivity contribution in [2.45, 2.75) is 6.04 Å². The molecule has 0 spiro atoms. The summed E-state index contributed by atoms with van der Waals surface area (Å²) >= 11 is 0. The Morgan fingerprint density at radius 2 is 1.89 bits per heavy atom. The lowest BCUT2D eigenvalue weighted by molar-refractivity contribution is -0.126. The molecule has 1 atom stereocenters. The third kappa shape index (κ3) is 4.50. The van der Waals surface area contributed by atoms with Gasteiger partial charge in [-0.3, -0.25) is 9.59 Å². The number of hydrogen-bond acceptors (Lipinski definition) is 3. The maximum absolute atomic E-state index is 11.8. The van der Waals surface area contributed by atoms with Crippen molar-refractivity contribution >= 4 is 11.8 Å². The van der Waals surface area contributed by atoms with Crippen molar-refractivity contribution in [1.82, 2.24) is 10.6 Å². The Labute approximate surface area is 105 Å². The molecule has 1 aromatic rings. The second-order valence-corrected chi connectivity index (χ2v) is 3.65. The average molecular weight is 253 g/mol. The zero-order valence-electron chi connectivity index (χ0n) is 9.86. The summed E-state index contributed by atoms with van der Waals surface area (Å²) in [5, 5.41) is 4.69. The summed E-state index contributed by atoms with van der Waals surface area (Å²) in [6.45, 7) is -0.901. The minimum atomic E-state index is -0.819. The number of nitrogens with one attached hydrogen (secondary N) is 2. The predicted molar refractivity (Wildman–Crippen MR) is 65.4 cm³/mol. The van der Waals surface area contributed by atoms with Crippen molar-refractivity contribution < 1.29 is 14.0 Å². The summed E-state index contributed by atoms with van der Waals surface area (Å²) in [5.74, 6) is -0.891. The van der Waals surface area contributed by atoms with Gasteiger partial charge in [-0.1, -0.05) is 30.3 Å². The van der Waals surface area contributed by atoms with Crippen LogP contribution in [-0.2, 0) is 9.59 Å². The lowest BCUT2D eigenvalue weighted by Crippen LogP contribution is -2.41. The van der Waals surface area contributed by atoms with Crippen LogP contribution < -0.4 is 16.4 Å². The molecule has 0 aliphatic carbocycles. The highest BCUT2D eigenvalue weighted by Crippen LogP contribution is 2.08. The van der Waals surface area contributed by atoms with E-state index in [-0.39, 0.29) is 13.1 Å². The Bertz CT molecular complexity index is 398. The molecule has 0 aliphatic heterocycles. The highest BCUT2D eigenvalue weighted by Gasteiger charge is 2.15. The Morgan fingerprint density at radius 3 is 2.50 bits per heavy atom. The minimum Gasteiger partial charge on any atom is -0.352 e.